The number of alkyl halides is 3. The summed E-state index contributed by atoms with van der Waals surface area (Å²) in [5.74, 6) is 0. The maximum atomic E-state index is 12.8. The van der Waals surface area contributed by atoms with E-state index in [1.54, 1.807) is 0 Å². The van der Waals surface area contributed by atoms with Gasteiger partial charge in [-0.05, 0) is 37.2 Å². The first-order chi connectivity index (χ1) is 9.60. The summed E-state index contributed by atoms with van der Waals surface area (Å²) in [4.78, 5) is 5.26. The van der Waals surface area contributed by atoms with Gasteiger partial charge in [-0.2, -0.15) is 13.2 Å². The van der Waals surface area contributed by atoms with Crippen LogP contribution in [0.15, 0.2) is 12.3 Å². The first kappa shape index (κ1) is 15.9. The topological polar surface area (TPSA) is 42.2 Å². The summed E-state index contributed by atoms with van der Waals surface area (Å²) in [5.41, 5.74) is 5.95. The minimum atomic E-state index is -4.45. The second-order valence-electron chi connectivity index (χ2n) is 6.63. The average molecular weight is 301 g/mol. The molecule has 1 aliphatic carbocycles. The molecule has 1 heterocycles. The van der Waals surface area contributed by atoms with Crippen molar-refractivity contribution >= 4 is 11.4 Å². The Kier molecular flexibility index (Phi) is 4.08. The van der Waals surface area contributed by atoms with Gasteiger partial charge in [-0.1, -0.05) is 13.8 Å². The summed E-state index contributed by atoms with van der Waals surface area (Å²) in [6.45, 7) is 4.46. The summed E-state index contributed by atoms with van der Waals surface area (Å²) < 4.78 is 38.4. The molecule has 1 aromatic rings. The highest BCUT2D eigenvalue weighted by molar-refractivity contribution is 5.67. The number of hydrogen-bond acceptors (Lipinski definition) is 3. The lowest BCUT2D eigenvalue weighted by atomic mass is 9.75. The largest absolute Gasteiger partial charge is 0.433 e. The second kappa shape index (κ2) is 5.39. The summed E-state index contributed by atoms with van der Waals surface area (Å²) in [7, 11) is 1.81. The zero-order valence-corrected chi connectivity index (χ0v) is 12.7. The molecule has 1 saturated carbocycles. The standard InChI is InChI=1S/C15H22F3N3/c1-14(2)6-4-10(5-7-14)21(3)12-8-13(15(16,17)18)20-9-11(12)19/h8-10H,4-7,19H2,1-3H3. The van der Waals surface area contributed by atoms with E-state index in [0.29, 0.717) is 11.1 Å². The molecule has 1 aliphatic rings. The molecule has 0 unspecified atom stereocenters. The Morgan fingerprint density at radius 1 is 1.29 bits per heavy atom. The summed E-state index contributed by atoms with van der Waals surface area (Å²) in [6.07, 6.45) is 0.719. The van der Waals surface area contributed by atoms with Crippen LogP contribution in [0.1, 0.15) is 45.2 Å². The van der Waals surface area contributed by atoms with Gasteiger partial charge in [-0.3, -0.25) is 0 Å². The number of nitrogen functional groups attached to an aromatic ring is 1. The molecule has 2 N–H and O–H groups in total. The van der Waals surface area contributed by atoms with E-state index >= 15 is 0 Å². The smallest absolute Gasteiger partial charge is 0.396 e. The quantitative estimate of drug-likeness (QED) is 0.894. The maximum Gasteiger partial charge on any atom is 0.433 e. The number of nitrogens with two attached hydrogens (primary N) is 1. The minimum Gasteiger partial charge on any atom is -0.396 e. The molecule has 0 bridgehead atoms. The van der Waals surface area contributed by atoms with Crippen molar-refractivity contribution < 1.29 is 13.2 Å². The molecule has 0 radical (unpaired) electrons. The van der Waals surface area contributed by atoms with Crippen molar-refractivity contribution in [2.45, 2.75) is 51.7 Å². The van der Waals surface area contributed by atoms with Crippen molar-refractivity contribution in [3.63, 3.8) is 0 Å². The number of aromatic nitrogens is 1. The van der Waals surface area contributed by atoms with Gasteiger partial charge in [0.15, 0.2) is 0 Å². The lowest BCUT2D eigenvalue weighted by molar-refractivity contribution is -0.141. The predicted octanol–water partition coefficient (Wildman–Crippen LogP) is 4.09. The van der Waals surface area contributed by atoms with Crippen molar-refractivity contribution in [1.82, 2.24) is 4.98 Å². The lowest BCUT2D eigenvalue weighted by Crippen LogP contribution is -2.37. The Labute approximate surface area is 123 Å². The number of hydrogen-bond donors (Lipinski definition) is 1. The minimum absolute atomic E-state index is 0.226. The Morgan fingerprint density at radius 2 is 1.86 bits per heavy atom. The van der Waals surface area contributed by atoms with E-state index in [2.05, 4.69) is 18.8 Å². The number of rotatable bonds is 2. The average Bonchev–Trinajstić information content (AvgIpc) is 2.37. The summed E-state index contributed by atoms with van der Waals surface area (Å²) >= 11 is 0. The molecule has 0 aromatic carbocycles. The van der Waals surface area contributed by atoms with Gasteiger partial charge in [0.05, 0.1) is 17.6 Å². The van der Waals surface area contributed by atoms with Crippen LogP contribution in [-0.2, 0) is 6.18 Å². The molecule has 2 rings (SSSR count). The van der Waals surface area contributed by atoms with E-state index in [1.807, 2.05) is 11.9 Å². The molecule has 0 spiro atoms. The molecule has 1 aromatic heterocycles. The Bertz CT molecular complexity index is 501. The van der Waals surface area contributed by atoms with Crippen molar-refractivity contribution in [3.8, 4) is 0 Å². The summed E-state index contributed by atoms with van der Waals surface area (Å²) in [6, 6.07) is 1.28. The number of anilines is 2. The van der Waals surface area contributed by atoms with Crippen molar-refractivity contribution in [1.29, 1.82) is 0 Å². The van der Waals surface area contributed by atoms with Crippen LogP contribution in [0.25, 0.3) is 0 Å². The van der Waals surface area contributed by atoms with Crippen molar-refractivity contribution in [2.24, 2.45) is 5.41 Å². The number of nitrogens with zero attached hydrogens (tertiary/aromatic N) is 2. The van der Waals surface area contributed by atoms with Crippen LogP contribution in [0.3, 0.4) is 0 Å². The first-order valence-corrected chi connectivity index (χ1v) is 7.16. The molecule has 1 fully saturated rings. The fourth-order valence-electron chi connectivity index (χ4n) is 2.88. The third-order valence-corrected chi connectivity index (χ3v) is 4.44. The normalized spacial score (nSPS) is 19.5. The van der Waals surface area contributed by atoms with Gasteiger partial charge in [0.25, 0.3) is 0 Å². The molecule has 0 saturated heterocycles. The predicted molar refractivity (Wildman–Crippen MR) is 78.1 cm³/mol. The highest BCUT2D eigenvalue weighted by Crippen LogP contribution is 2.39. The van der Waals surface area contributed by atoms with E-state index in [9.17, 15) is 13.2 Å². The van der Waals surface area contributed by atoms with Gasteiger partial charge in [0.2, 0.25) is 0 Å². The third-order valence-electron chi connectivity index (χ3n) is 4.44. The van der Waals surface area contributed by atoms with E-state index < -0.39 is 11.9 Å². The molecule has 3 nitrogen and oxygen atoms in total. The van der Waals surface area contributed by atoms with E-state index in [0.717, 1.165) is 37.9 Å². The van der Waals surface area contributed by atoms with Gasteiger partial charge in [-0.15, -0.1) is 0 Å². The van der Waals surface area contributed by atoms with Crippen molar-refractivity contribution in [2.75, 3.05) is 17.7 Å². The lowest BCUT2D eigenvalue weighted by Gasteiger charge is -2.40. The highest BCUT2D eigenvalue weighted by Gasteiger charge is 2.34. The Hall–Kier alpha value is -1.46. The number of pyridine rings is 1. The molecule has 6 heteroatoms. The zero-order valence-electron chi connectivity index (χ0n) is 12.7. The summed E-state index contributed by atoms with van der Waals surface area (Å²) in [5, 5.41) is 0. The number of halogens is 3. The van der Waals surface area contributed by atoms with Gasteiger partial charge in [0, 0.05) is 13.1 Å². The Balaban J connectivity index is 2.21. The molecule has 0 aliphatic heterocycles. The first-order valence-electron chi connectivity index (χ1n) is 7.16. The van der Waals surface area contributed by atoms with Crippen LogP contribution in [0.4, 0.5) is 24.5 Å². The van der Waals surface area contributed by atoms with Crippen LogP contribution < -0.4 is 10.6 Å². The SMILES string of the molecule is CN(c1cc(C(F)(F)F)ncc1N)C1CCC(C)(C)CC1. The molecule has 0 atom stereocenters. The molecule has 0 amide bonds. The van der Waals surface area contributed by atoms with Gasteiger partial charge in [-0.25, -0.2) is 4.98 Å². The second-order valence-corrected chi connectivity index (χ2v) is 6.63. The molecular formula is C15H22F3N3. The van der Waals surface area contributed by atoms with Crippen LogP contribution in [0, 0.1) is 5.41 Å². The molecule has 21 heavy (non-hydrogen) atoms. The highest BCUT2D eigenvalue weighted by atomic mass is 19.4. The fraction of sp³-hybridized carbons (Fsp3) is 0.667. The van der Waals surface area contributed by atoms with E-state index in [4.69, 9.17) is 5.73 Å². The van der Waals surface area contributed by atoms with Crippen LogP contribution in [0.2, 0.25) is 0 Å². The molecular weight excluding hydrogens is 279 g/mol. The van der Waals surface area contributed by atoms with Gasteiger partial charge < -0.3 is 10.6 Å². The van der Waals surface area contributed by atoms with E-state index in [-0.39, 0.29) is 11.7 Å². The molecule has 118 valence electrons. The van der Waals surface area contributed by atoms with Gasteiger partial charge >= 0.3 is 6.18 Å². The fourth-order valence-corrected chi connectivity index (χ4v) is 2.88. The van der Waals surface area contributed by atoms with Crippen LogP contribution in [-0.4, -0.2) is 18.1 Å². The van der Waals surface area contributed by atoms with Crippen LogP contribution in [0.5, 0.6) is 0 Å². The zero-order chi connectivity index (χ0) is 15.8. The maximum absolute atomic E-state index is 12.8. The van der Waals surface area contributed by atoms with E-state index in [1.165, 1.54) is 0 Å². The third kappa shape index (κ3) is 3.60. The van der Waals surface area contributed by atoms with Crippen molar-refractivity contribution in [3.05, 3.63) is 18.0 Å². The Morgan fingerprint density at radius 3 is 2.38 bits per heavy atom. The van der Waals surface area contributed by atoms with Crippen LogP contribution >= 0.6 is 0 Å². The van der Waals surface area contributed by atoms with Gasteiger partial charge in [0.1, 0.15) is 5.69 Å². The monoisotopic (exact) mass is 301 g/mol.